The molecule has 2 rings (SSSR count). The zero-order valence-corrected chi connectivity index (χ0v) is 15.8. The molecule has 0 bridgehead atoms. The number of hydrogen-bond acceptors (Lipinski definition) is 4. The van der Waals surface area contributed by atoms with Crippen molar-refractivity contribution in [1.29, 1.82) is 0 Å². The average molecular weight is 340 g/mol. The Labute approximate surface area is 150 Å². The Morgan fingerprint density at radius 3 is 2.44 bits per heavy atom. The van der Waals surface area contributed by atoms with Crippen LogP contribution >= 0.6 is 0 Å². The van der Waals surface area contributed by atoms with Crippen molar-refractivity contribution < 1.29 is 4.79 Å². The molecule has 5 nitrogen and oxygen atoms in total. The van der Waals surface area contributed by atoms with Crippen molar-refractivity contribution in [2.45, 2.75) is 59.7 Å². The van der Waals surface area contributed by atoms with Gasteiger partial charge in [-0.15, -0.1) is 0 Å². The summed E-state index contributed by atoms with van der Waals surface area (Å²) in [6.07, 6.45) is 0.884. The highest BCUT2D eigenvalue weighted by Crippen LogP contribution is 2.19. The van der Waals surface area contributed by atoms with Gasteiger partial charge in [-0.05, 0) is 39.7 Å². The largest absolute Gasteiger partial charge is 0.350 e. The second kappa shape index (κ2) is 8.60. The SMILES string of the molecule is CCC(C)NC(=O)c1cc(N(Cc2ccccc2)C(C)C)nc(C)n1. The third kappa shape index (κ3) is 5.28. The number of amides is 1. The lowest BCUT2D eigenvalue weighted by Crippen LogP contribution is -2.34. The number of anilines is 1. The molecule has 1 heterocycles. The molecule has 25 heavy (non-hydrogen) atoms. The minimum Gasteiger partial charge on any atom is -0.350 e. The summed E-state index contributed by atoms with van der Waals surface area (Å²) in [6, 6.07) is 12.4. The molecule has 0 aliphatic rings. The smallest absolute Gasteiger partial charge is 0.270 e. The summed E-state index contributed by atoms with van der Waals surface area (Å²) in [5.41, 5.74) is 1.62. The summed E-state index contributed by atoms with van der Waals surface area (Å²) >= 11 is 0. The van der Waals surface area contributed by atoms with E-state index in [9.17, 15) is 4.79 Å². The van der Waals surface area contributed by atoms with Crippen LogP contribution in [0.2, 0.25) is 0 Å². The predicted octanol–water partition coefficient (Wildman–Crippen LogP) is 3.73. The van der Waals surface area contributed by atoms with E-state index in [2.05, 4.69) is 46.2 Å². The molecule has 1 aromatic carbocycles. The van der Waals surface area contributed by atoms with E-state index in [0.717, 1.165) is 18.8 Å². The molecule has 5 heteroatoms. The molecule has 1 amide bonds. The third-order valence-electron chi connectivity index (χ3n) is 4.16. The highest BCUT2D eigenvalue weighted by molar-refractivity contribution is 5.93. The molecule has 134 valence electrons. The minimum absolute atomic E-state index is 0.122. The van der Waals surface area contributed by atoms with Gasteiger partial charge in [0.25, 0.3) is 5.91 Å². The van der Waals surface area contributed by atoms with Gasteiger partial charge >= 0.3 is 0 Å². The Morgan fingerprint density at radius 2 is 1.84 bits per heavy atom. The molecular weight excluding hydrogens is 312 g/mol. The van der Waals surface area contributed by atoms with Crippen LogP contribution in [0.3, 0.4) is 0 Å². The average Bonchev–Trinajstić information content (AvgIpc) is 2.59. The van der Waals surface area contributed by atoms with E-state index in [1.54, 1.807) is 6.07 Å². The molecule has 0 spiro atoms. The van der Waals surface area contributed by atoms with Crippen LogP contribution in [0.25, 0.3) is 0 Å². The standard InChI is InChI=1S/C20H28N4O/c1-6-15(4)21-20(25)18-12-19(23-16(5)22-18)24(14(2)3)13-17-10-8-7-9-11-17/h7-12,14-15H,6,13H2,1-5H3,(H,21,25). The van der Waals surface area contributed by atoms with E-state index in [-0.39, 0.29) is 18.0 Å². The maximum absolute atomic E-state index is 12.4. The fraction of sp³-hybridized carbons (Fsp3) is 0.450. The first-order valence-electron chi connectivity index (χ1n) is 8.87. The fourth-order valence-electron chi connectivity index (χ4n) is 2.52. The predicted molar refractivity (Wildman–Crippen MR) is 102 cm³/mol. The monoisotopic (exact) mass is 340 g/mol. The van der Waals surface area contributed by atoms with E-state index in [1.807, 2.05) is 39.0 Å². The summed E-state index contributed by atoms with van der Waals surface area (Å²) in [6.45, 7) is 10.8. The maximum Gasteiger partial charge on any atom is 0.270 e. The lowest BCUT2D eigenvalue weighted by Gasteiger charge is -2.28. The summed E-state index contributed by atoms with van der Waals surface area (Å²) in [5, 5.41) is 2.97. The molecule has 0 aliphatic carbocycles. The molecule has 1 unspecified atom stereocenters. The molecule has 0 aliphatic heterocycles. The van der Waals surface area contributed by atoms with E-state index < -0.39 is 0 Å². The second-order valence-electron chi connectivity index (χ2n) is 6.65. The Bertz CT molecular complexity index is 700. The van der Waals surface area contributed by atoms with Gasteiger partial charge in [0, 0.05) is 24.7 Å². The van der Waals surface area contributed by atoms with Crippen LogP contribution in [-0.4, -0.2) is 28.0 Å². The van der Waals surface area contributed by atoms with Crippen LogP contribution in [-0.2, 0) is 6.54 Å². The molecule has 0 saturated carbocycles. The fourth-order valence-corrected chi connectivity index (χ4v) is 2.52. The molecule has 2 aromatic rings. The first-order chi connectivity index (χ1) is 11.9. The van der Waals surface area contributed by atoms with Gasteiger partial charge in [0.05, 0.1) is 0 Å². The minimum atomic E-state index is -0.149. The van der Waals surface area contributed by atoms with Gasteiger partial charge in [-0.25, -0.2) is 9.97 Å². The zero-order chi connectivity index (χ0) is 18.4. The summed E-state index contributed by atoms with van der Waals surface area (Å²) in [4.78, 5) is 23.5. The number of hydrogen-bond donors (Lipinski definition) is 1. The molecular formula is C20H28N4O. The van der Waals surface area contributed by atoms with Crippen molar-refractivity contribution in [3.05, 3.63) is 53.5 Å². The zero-order valence-electron chi connectivity index (χ0n) is 15.8. The molecule has 1 N–H and O–H groups in total. The molecule has 0 fully saturated rings. The Hall–Kier alpha value is -2.43. The lowest BCUT2D eigenvalue weighted by molar-refractivity contribution is 0.0934. The van der Waals surface area contributed by atoms with Gasteiger partial charge in [-0.1, -0.05) is 37.3 Å². The third-order valence-corrected chi connectivity index (χ3v) is 4.16. The highest BCUT2D eigenvalue weighted by Gasteiger charge is 2.18. The quantitative estimate of drug-likeness (QED) is 0.834. The van der Waals surface area contributed by atoms with E-state index >= 15 is 0 Å². The molecule has 0 saturated heterocycles. The number of carbonyl (C=O) groups is 1. The van der Waals surface area contributed by atoms with Crippen molar-refractivity contribution in [1.82, 2.24) is 15.3 Å². The van der Waals surface area contributed by atoms with Crippen LogP contribution in [0, 0.1) is 6.92 Å². The first kappa shape index (κ1) is 18.9. The highest BCUT2D eigenvalue weighted by atomic mass is 16.1. The van der Waals surface area contributed by atoms with Gasteiger partial charge in [0.15, 0.2) is 0 Å². The van der Waals surface area contributed by atoms with Gasteiger partial charge in [0.1, 0.15) is 17.3 Å². The van der Waals surface area contributed by atoms with Gasteiger partial charge in [0.2, 0.25) is 0 Å². The number of carbonyl (C=O) groups excluding carboxylic acids is 1. The number of benzene rings is 1. The van der Waals surface area contributed by atoms with Crippen molar-refractivity contribution in [3.63, 3.8) is 0 Å². The van der Waals surface area contributed by atoms with Crippen molar-refractivity contribution in [2.24, 2.45) is 0 Å². The lowest BCUT2D eigenvalue weighted by atomic mass is 10.2. The van der Waals surface area contributed by atoms with Gasteiger partial charge in [-0.3, -0.25) is 4.79 Å². The summed E-state index contributed by atoms with van der Waals surface area (Å²) in [5.74, 6) is 1.23. The molecule has 0 radical (unpaired) electrons. The van der Waals surface area contributed by atoms with Crippen LogP contribution in [0.15, 0.2) is 36.4 Å². The Balaban J connectivity index is 2.30. The first-order valence-corrected chi connectivity index (χ1v) is 8.87. The van der Waals surface area contributed by atoms with Crippen LogP contribution < -0.4 is 10.2 Å². The summed E-state index contributed by atoms with van der Waals surface area (Å²) < 4.78 is 0. The molecule has 1 atom stereocenters. The van der Waals surface area contributed by atoms with Crippen LogP contribution in [0.1, 0.15) is 56.0 Å². The second-order valence-corrected chi connectivity index (χ2v) is 6.65. The normalized spacial score (nSPS) is 12.1. The topological polar surface area (TPSA) is 58.1 Å². The number of aryl methyl sites for hydroxylation is 1. The van der Waals surface area contributed by atoms with E-state index in [1.165, 1.54) is 5.56 Å². The number of rotatable bonds is 7. The number of aromatic nitrogens is 2. The molecule has 1 aromatic heterocycles. The Kier molecular flexibility index (Phi) is 6.51. The van der Waals surface area contributed by atoms with E-state index in [0.29, 0.717) is 11.5 Å². The van der Waals surface area contributed by atoms with Gasteiger partial charge in [-0.2, -0.15) is 0 Å². The Morgan fingerprint density at radius 1 is 1.16 bits per heavy atom. The van der Waals surface area contributed by atoms with Gasteiger partial charge < -0.3 is 10.2 Å². The van der Waals surface area contributed by atoms with Crippen molar-refractivity contribution >= 4 is 11.7 Å². The van der Waals surface area contributed by atoms with Crippen LogP contribution in [0.5, 0.6) is 0 Å². The van der Waals surface area contributed by atoms with Crippen molar-refractivity contribution in [3.8, 4) is 0 Å². The van der Waals surface area contributed by atoms with E-state index in [4.69, 9.17) is 0 Å². The maximum atomic E-state index is 12.4. The summed E-state index contributed by atoms with van der Waals surface area (Å²) in [7, 11) is 0. The number of nitrogens with one attached hydrogen (secondary N) is 1. The van der Waals surface area contributed by atoms with Crippen LogP contribution in [0.4, 0.5) is 5.82 Å². The number of nitrogens with zero attached hydrogens (tertiary/aromatic N) is 3. The van der Waals surface area contributed by atoms with Crippen molar-refractivity contribution in [2.75, 3.05) is 4.90 Å².